The molecule has 3 aliphatic heterocycles. The van der Waals surface area contributed by atoms with Gasteiger partial charge in [-0.15, -0.1) is 0 Å². The van der Waals surface area contributed by atoms with Crippen molar-refractivity contribution in [3.8, 4) is 0 Å². The summed E-state index contributed by atoms with van der Waals surface area (Å²) in [5, 5.41) is 4.30. The van der Waals surface area contributed by atoms with E-state index in [0.29, 0.717) is 30.0 Å². The third kappa shape index (κ3) is 7.49. The summed E-state index contributed by atoms with van der Waals surface area (Å²) >= 11 is 6.28. The van der Waals surface area contributed by atoms with Gasteiger partial charge in [-0.05, 0) is 114 Å². The van der Waals surface area contributed by atoms with Gasteiger partial charge in [0.25, 0.3) is 0 Å². The van der Waals surface area contributed by atoms with Gasteiger partial charge in [-0.25, -0.2) is 8.42 Å². The maximum atomic E-state index is 14.6. The highest BCUT2D eigenvalue weighted by Gasteiger charge is 2.45. The highest BCUT2D eigenvalue weighted by Crippen LogP contribution is 2.43. The molecule has 0 spiro atoms. The van der Waals surface area contributed by atoms with Gasteiger partial charge in [-0.3, -0.25) is 4.79 Å². The summed E-state index contributed by atoms with van der Waals surface area (Å²) in [5.41, 5.74) is 7.93. The third-order valence-corrected chi connectivity index (χ3v) is 13.5. The minimum Gasteiger partial charge on any atom is -0.376 e. The van der Waals surface area contributed by atoms with Crippen LogP contribution in [-0.2, 0) is 19.6 Å². The number of carbonyl (C=O) groups excluding carboxylic acids is 1. The first-order chi connectivity index (χ1) is 21.0. The van der Waals surface area contributed by atoms with Crippen LogP contribution in [-0.4, -0.2) is 85.3 Å². The molecule has 3 saturated heterocycles. The molecule has 246 valence electrons. The number of nitrogens with one attached hydrogen (secondary N) is 1. The van der Waals surface area contributed by atoms with Gasteiger partial charge >= 0.3 is 0 Å². The molecule has 10 heteroatoms. The number of carbonyl (C=O) groups is 1. The molecule has 0 radical (unpaired) electrons. The fourth-order valence-corrected chi connectivity index (χ4v) is 10.7. The zero-order valence-corrected chi connectivity index (χ0v) is 28.2. The lowest BCUT2D eigenvalue weighted by atomic mass is 9.73. The lowest BCUT2D eigenvalue weighted by Crippen LogP contribution is -2.57. The van der Waals surface area contributed by atoms with Crippen LogP contribution in [0, 0.1) is 17.8 Å². The predicted octanol–water partition coefficient (Wildman–Crippen LogP) is 4.91. The van der Waals surface area contributed by atoms with Crippen LogP contribution in [0.4, 0.5) is 0 Å². The number of piperazine rings is 1. The number of amides is 1. The fourth-order valence-electron chi connectivity index (χ4n) is 8.77. The molecule has 2 unspecified atom stereocenters. The van der Waals surface area contributed by atoms with Gasteiger partial charge in [-0.2, -0.15) is 4.31 Å². The van der Waals surface area contributed by atoms with Crippen LogP contribution in [0.2, 0.25) is 5.02 Å². The lowest BCUT2D eigenvalue weighted by molar-refractivity contribution is -0.138. The summed E-state index contributed by atoms with van der Waals surface area (Å²) in [6, 6.07) is 7.70. The maximum Gasteiger partial charge on any atom is 0.240 e. The van der Waals surface area contributed by atoms with Gasteiger partial charge in [0.1, 0.15) is 0 Å². The first kappa shape index (κ1) is 32.7. The number of rotatable bonds is 10. The van der Waals surface area contributed by atoms with Gasteiger partial charge in [0.05, 0.1) is 17.4 Å². The highest BCUT2D eigenvalue weighted by molar-refractivity contribution is 7.89. The molecule has 2 saturated carbocycles. The van der Waals surface area contributed by atoms with E-state index in [2.05, 4.69) is 24.1 Å². The van der Waals surface area contributed by atoms with E-state index in [1.54, 1.807) is 4.31 Å². The Morgan fingerprint density at radius 1 is 1.11 bits per heavy atom. The SMILES string of the molecule is CC1(C)CC([C@H](c2ccc(Cl)cc2)[C@H](N)C(=O)N(CC2CC2)[C@H]2CCC[C@@H]2CC[C@H]2CN[C@@H]3CCCS(=O)(=O)N2C3)CCO1. The number of nitrogens with two attached hydrogens (primary N) is 1. The zero-order chi connectivity index (χ0) is 31.1. The molecule has 2 bridgehead atoms. The molecule has 5 aliphatic rings. The molecule has 5 fully saturated rings. The van der Waals surface area contributed by atoms with E-state index in [1.807, 2.05) is 24.3 Å². The van der Waals surface area contributed by atoms with E-state index in [-0.39, 0.29) is 47.2 Å². The number of benzene rings is 1. The van der Waals surface area contributed by atoms with Crippen LogP contribution in [0.25, 0.3) is 0 Å². The number of halogens is 1. The van der Waals surface area contributed by atoms with Crippen LogP contribution in [0.1, 0.15) is 96.0 Å². The molecule has 8 nitrogen and oxygen atoms in total. The Morgan fingerprint density at radius 2 is 1.89 bits per heavy atom. The van der Waals surface area contributed by atoms with Gasteiger partial charge < -0.3 is 20.7 Å². The van der Waals surface area contributed by atoms with E-state index in [0.717, 1.165) is 76.4 Å². The Balaban J connectivity index is 1.20. The first-order valence-electron chi connectivity index (χ1n) is 17.2. The van der Waals surface area contributed by atoms with E-state index >= 15 is 0 Å². The van der Waals surface area contributed by atoms with Crippen LogP contribution < -0.4 is 11.1 Å². The summed E-state index contributed by atoms with van der Waals surface area (Å²) in [4.78, 5) is 16.8. The van der Waals surface area contributed by atoms with E-state index in [1.165, 1.54) is 12.8 Å². The number of fused-ring (bicyclic) bond motifs is 2. The number of hydrogen-bond donors (Lipinski definition) is 2. The Morgan fingerprint density at radius 3 is 2.61 bits per heavy atom. The monoisotopic (exact) mass is 648 g/mol. The number of ether oxygens (including phenoxy) is 1. The molecule has 0 aromatic heterocycles. The summed E-state index contributed by atoms with van der Waals surface area (Å²) in [6.45, 7) is 7.04. The maximum absolute atomic E-state index is 14.6. The topological polar surface area (TPSA) is 105 Å². The first-order valence-corrected chi connectivity index (χ1v) is 19.2. The normalized spacial score (nSPS) is 34.5. The van der Waals surface area contributed by atoms with Crippen LogP contribution in [0.15, 0.2) is 24.3 Å². The Hall–Kier alpha value is -1.23. The molecular weight excluding hydrogens is 596 g/mol. The molecular formula is C34H53ClN4O4S. The Kier molecular flexibility index (Phi) is 10.0. The van der Waals surface area contributed by atoms with E-state index in [4.69, 9.17) is 22.1 Å². The summed E-state index contributed by atoms with van der Waals surface area (Å²) in [6.07, 6.45) is 10.7. The van der Waals surface area contributed by atoms with E-state index in [9.17, 15) is 13.2 Å². The van der Waals surface area contributed by atoms with Crippen molar-refractivity contribution in [3.05, 3.63) is 34.9 Å². The van der Waals surface area contributed by atoms with Crippen LogP contribution >= 0.6 is 11.6 Å². The summed E-state index contributed by atoms with van der Waals surface area (Å²) in [7, 11) is -3.21. The lowest BCUT2D eigenvalue weighted by Gasteiger charge is -2.43. The highest BCUT2D eigenvalue weighted by atomic mass is 35.5. The van der Waals surface area contributed by atoms with Gasteiger partial charge in [-0.1, -0.05) is 30.2 Å². The smallest absolute Gasteiger partial charge is 0.240 e. The molecule has 44 heavy (non-hydrogen) atoms. The fraction of sp³-hybridized carbons (Fsp3) is 0.794. The minimum absolute atomic E-state index is 0.00315. The molecule has 1 aromatic rings. The molecule has 2 aliphatic carbocycles. The van der Waals surface area contributed by atoms with E-state index < -0.39 is 16.1 Å². The van der Waals surface area contributed by atoms with Crippen molar-refractivity contribution in [2.24, 2.45) is 23.5 Å². The molecule has 3 heterocycles. The predicted molar refractivity (Wildman–Crippen MR) is 175 cm³/mol. The van der Waals surface area contributed by atoms with Crippen molar-refractivity contribution in [3.63, 3.8) is 0 Å². The molecule has 1 amide bonds. The number of hydrogen-bond acceptors (Lipinski definition) is 6. The summed E-state index contributed by atoms with van der Waals surface area (Å²) < 4.78 is 34.0. The van der Waals surface area contributed by atoms with Crippen molar-refractivity contribution in [2.75, 3.05) is 32.0 Å². The molecule has 6 rings (SSSR count). The van der Waals surface area contributed by atoms with Crippen molar-refractivity contribution in [1.82, 2.24) is 14.5 Å². The number of sulfonamides is 1. The second-order valence-corrected chi connectivity index (χ2v) is 17.5. The zero-order valence-electron chi connectivity index (χ0n) is 26.6. The average Bonchev–Trinajstić information content (AvgIpc) is 3.71. The van der Waals surface area contributed by atoms with Crippen LogP contribution in [0.5, 0.6) is 0 Å². The average molecular weight is 649 g/mol. The van der Waals surface area contributed by atoms with Crippen LogP contribution in [0.3, 0.4) is 0 Å². The van der Waals surface area contributed by atoms with Gasteiger partial charge in [0.2, 0.25) is 15.9 Å². The van der Waals surface area contributed by atoms with Crippen molar-refractivity contribution in [1.29, 1.82) is 0 Å². The van der Waals surface area contributed by atoms with Crippen molar-refractivity contribution in [2.45, 2.75) is 120 Å². The Bertz CT molecular complexity index is 1260. The summed E-state index contributed by atoms with van der Waals surface area (Å²) in [5.74, 6) is 1.39. The Labute approximate surface area is 269 Å². The quantitative estimate of drug-likeness (QED) is 0.374. The standard InChI is InChI=1S/C34H53ClN4O4S/c1-34(2)19-26(16-17-43-34)31(25-10-13-27(35)14-11-25)32(36)33(40)38(21-23-8-9-23)30-7-3-5-24(30)12-15-29-20-37-28-6-4-18-44(41,42)39(29)22-28/h10-11,13-14,23-24,26,28-32,37H,3-9,12,15-22,36H2,1-2H3/t24-,26?,28-,29+,30+,31+,32+/m1/s1. The number of nitrogens with zero attached hydrogens (tertiary/aromatic N) is 2. The van der Waals surface area contributed by atoms with Crippen molar-refractivity contribution >= 4 is 27.5 Å². The minimum atomic E-state index is -3.21. The second-order valence-electron chi connectivity index (χ2n) is 15.0. The third-order valence-electron chi connectivity index (χ3n) is 11.3. The molecule has 1 aromatic carbocycles. The molecule has 8 atom stereocenters. The second kappa shape index (κ2) is 13.5. The van der Waals surface area contributed by atoms with Gasteiger partial charge in [0.15, 0.2) is 0 Å². The largest absolute Gasteiger partial charge is 0.376 e. The van der Waals surface area contributed by atoms with Gasteiger partial charge in [0, 0.05) is 55.3 Å². The molecule has 3 N–H and O–H groups in total. The van der Waals surface area contributed by atoms with Crippen molar-refractivity contribution < 1.29 is 17.9 Å².